The fourth-order valence-corrected chi connectivity index (χ4v) is 5.90. The number of hydrogen-bond acceptors (Lipinski definition) is 6. The monoisotopic (exact) mass is 483 g/mol. The zero-order chi connectivity index (χ0) is 23.8. The Balaban J connectivity index is 1.46. The van der Waals surface area contributed by atoms with Gasteiger partial charge in [0.25, 0.3) is 5.91 Å². The molecule has 1 aromatic heterocycles. The summed E-state index contributed by atoms with van der Waals surface area (Å²) in [6.45, 7) is 4.30. The second-order valence-electron chi connectivity index (χ2n) is 8.96. The molecule has 1 aliphatic carbocycles. The summed E-state index contributed by atoms with van der Waals surface area (Å²) in [4.78, 5) is 30.2. The van der Waals surface area contributed by atoms with E-state index in [9.17, 15) is 18.0 Å². The standard InChI is InChI=1S/C24H25N3O4S2/c1-24(2)13-19-21(20(28)14-24)32-23(25-19)26-22(29)17-9-11-18(12-10-17)33(30,31)27(3)15-16-7-5-4-6-8-16/h4-12H,13-15H2,1-3H3,(H,25,26,29). The molecule has 172 valence electrons. The smallest absolute Gasteiger partial charge is 0.257 e. The molecular formula is C24H25N3O4S2. The highest BCUT2D eigenvalue weighted by Crippen LogP contribution is 2.38. The van der Waals surface area contributed by atoms with Crippen LogP contribution in [0.5, 0.6) is 0 Å². The maximum absolute atomic E-state index is 12.9. The van der Waals surface area contributed by atoms with Gasteiger partial charge in [0.15, 0.2) is 10.9 Å². The van der Waals surface area contributed by atoms with Crippen LogP contribution in [0.2, 0.25) is 0 Å². The van der Waals surface area contributed by atoms with Crippen molar-refractivity contribution in [1.29, 1.82) is 0 Å². The maximum atomic E-state index is 12.9. The Morgan fingerprint density at radius 1 is 1.09 bits per heavy atom. The minimum atomic E-state index is -3.70. The average molecular weight is 484 g/mol. The molecule has 1 aliphatic rings. The number of anilines is 1. The topological polar surface area (TPSA) is 96.4 Å². The average Bonchev–Trinajstić information content (AvgIpc) is 3.16. The molecule has 1 heterocycles. The molecule has 9 heteroatoms. The van der Waals surface area contributed by atoms with Crippen LogP contribution in [0.1, 0.15) is 51.6 Å². The minimum Gasteiger partial charge on any atom is -0.298 e. The van der Waals surface area contributed by atoms with Crippen molar-refractivity contribution in [3.63, 3.8) is 0 Å². The molecule has 0 atom stereocenters. The number of ketones is 1. The van der Waals surface area contributed by atoms with E-state index in [4.69, 9.17) is 0 Å². The number of hydrogen-bond donors (Lipinski definition) is 1. The molecule has 2 aromatic carbocycles. The van der Waals surface area contributed by atoms with Crippen LogP contribution in [-0.2, 0) is 23.0 Å². The minimum absolute atomic E-state index is 0.0495. The van der Waals surface area contributed by atoms with Gasteiger partial charge in [-0.25, -0.2) is 13.4 Å². The molecule has 1 amide bonds. The second-order valence-corrected chi connectivity index (χ2v) is 12.0. The number of fused-ring (bicyclic) bond motifs is 1. The Labute approximate surface area is 197 Å². The molecule has 0 spiro atoms. The molecule has 0 saturated heterocycles. The fraction of sp³-hybridized carbons (Fsp3) is 0.292. The lowest BCUT2D eigenvalue weighted by molar-refractivity contribution is 0.0915. The Hall–Kier alpha value is -2.88. The summed E-state index contributed by atoms with van der Waals surface area (Å²) in [5, 5.41) is 3.10. The highest BCUT2D eigenvalue weighted by Gasteiger charge is 2.34. The number of amides is 1. The van der Waals surface area contributed by atoms with E-state index in [2.05, 4.69) is 10.3 Å². The van der Waals surface area contributed by atoms with Gasteiger partial charge in [-0.15, -0.1) is 0 Å². The van der Waals surface area contributed by atoms with E-state index in [0.29, 0.717) is 28.4 Å². The summed E-state index contributed by atoms with van der Waals surface area (Å²) >= 11 is 1.18. The third kappa shape index (κ3) is 5.05. The number of nitrogens with zero attached hydrogens (tertiary/aromatic N) is 2. The Kier molecular flexibility index (Phi) is 6.22. The molecule has 1 N–H and O–H groups in total. The normalized spacial score (nSPS) is 15.3. The van der Waals surface area contributed by atoms with Crippen molar-refractivity contribution < 1.29 is 18.0 Å². The van der Waals surface area contributed by atoms with Gasteiger partial charge in [-0.05, 0) is 41.7 Å². The van der Waals surface area contributed by atoms with Crippen LogP contribution in [0.25, 0.3) is 0 Å². The van der Waals surface area contributed by atoms with Crippen molar-refractivity contribution in [3.05, 3.63) is 76.3 Å². The number of Topliss-reactive ketones (excluding diaryl/α,β-unsaturated/α-hetero) is 1. The van der Waals surface area contributed by atoms with Crippen LogP contribution in [0.15, 0.2) is 59.5 Å². The highest BCUT2D eigenvalue weighted by molar-refractivity contribution is 7.89. The van der Waals surface area contributed by atoms with E-state index in [-0.39, 0.29) is 22.6 Å². The molecule has 0 saturated carbocycles. The van der Waals surface area contributed by atoms with Gasteiger partial charge in [0, 0.05) is 25.6 Å². The molecule has 33 heavy (non-hydrogen) atoms. The molecule has 0 aliphatic heterocycles. The largest absolute Gasteiger partial charge is 0.298 e. The lowest BCUT2D eigenvalue weighted by Gasteiger charge is -2.26. The Bertz CT molecular complexity index is 1300. The number of carbonyl (C=O) groups excluding carboxylic acids is 2. The zero-order valence-electron chi connectivity index (χ0n) is 18.7. The predicted molar refractivity (Wildman–Crippen MR) is 128 cm³/mol. The van der Waals surface area contributed by atoms with Gasteiger partial charge < -0.3 is 0 Å². The van der Waals surface area contributed by atoms with Gasteiger partial charge in [0.05, 0.1) is 15.5 Å². The van der Waals surface area contributed by atoms with E-state index in [1.807, 2.05) is 44.2 Å². The van der Waals surface area contributed by atoms with Crippen LogP contribution in [-0.4, -0.2) is 36.4 Å². The summed E-state index contributed by atoms with van der Waals surface area (Å²) in [7, 11) is -2.18. The van der Waals surface area contributed by atoms with Gasteiger partial charge in [-0.1, -0.05) is 55.5 Å². The van der Waals surface area contributed by atoms with E-state index in [1.165, 1.54) is 47.0 Å². The summed E-state index contributed by atoms with van der Waals surface area (Å²) < 4.78 is 27.1. The van der Waals surface area contributed by atoms with Gasteiger partial charge in [-0.3, -0.25) is 14.9 Å². The number of thiazole rings is 1. The van der Waals surface area contributed by atoms with Crippen molar-refractivity contribution in [3.8, 4) is 0 Å². The third-order valence-corrected chi connectivity index (χ3v) is 8.40. The van der Waals surface area contributed by atoms with Crippen molar-refractivity contribution >= 4 is 38.2 Å². The fourth-order valence-electron chi connectivity index (χ4n) is 3.83. The van der Waals surface area contributed by atoms with Crippen molar-refractivity contribution in [2.24, 2.45) is 5.41 Å². The van der Waals surface area contributed by atoms with E-state index >= 15 is 0 Å². The van der Waals surface area contributed by atoms with Gasteiger partial charge in [0.2, 0.25) is 10.0 Å². The quantitative estimate of drug-likeness (QED) is 0.562. The molecular weight excluding hydrogens is 458 g/mol. The number of rotatable bonds is 6. The number of sulfonamides is 1. The molecule has 7 nitrogen and oxygen atoms in total. The van der Waals surface area contributed by atoms with E-state index in [1.54, 1.807) is 0 Å². The summed E-state index contributed by atoms with van der Waals surface area (Å²) in [6, 6.07) is 15.1. The van der Waals surface area contributed by atoms with Crippen LogP contribution >= 0.6 is 11.3 Å². The number of carbonyl (C=O) groups is 2. The van der Waals surface area contributed by atoms with Crippen LogP contribution in [0.3, 0.4) is 0 Å². The van der Waals surface area contributed by atoms with Crippen LogP contribution < -0.4 is 5.32 Å². The predicted octanol–water partition coefficient (Wildman–Crippen LogP) is 4.37. The first-order valence-corrected chi connectivity index (χ1v) is 12.8. The number of benzene rings is 2. The van der Waals surface area contributed by atoms with E-state index < -0.39 is 15.9 Å². The zero-order valence-corrected chi connectivity index (χ0v) is 20.3. The highest BCUT2D eigenvalue weighted by atomic mass is 32.2. The summed E-state index contributed by atoms with van der Waals surface area (Å²) in [5.41, 5.74) is 1.76. The first-order chi connectivity index (χ1) is 15.5. The SMILES string of the molecule is CN(Cc1ccccc1)S(=O)(=O)c1ccc(C(=O)Nc2nc3c(s2)C(=O)CC(C)(C)C3)cc1. The molecule has 0 radical (unpaired) electrons. The van der Waals surface area contributed by atoms with Gasteiger partial charge in [-0.2, -0.15) is 4.31 Å². The Morgan fingerprint density at radius 3 is 2.42 bits per heavy atom. The van der Waals surface area contributed by atoms with Gasteiger partial charge >= 0.3 is 0 Å². The molecule has 0 fully saturated rings. The number of nitrogens with one attached hydrogen (secondary N) is 1. The second kappa shape index (κ2) is 8.81. The summed E-state index contributed by atoms with van der Waals surface area (Å²) in [6.07, 6.45) is 1.15. The molecule has 4 rings (SSSR count). The number of aromatic nitrogens is 1. The van der Waals surface area contributed by atoms with Crippen LogP contribution in [0, 0.1) is 5.41 Å². The van der Waals surface area contributed by atoms with Crippen molar-refractivity contribution in [2.45, 2.75) is 38.1 Å². The van der Waals surface area contributed by atoms with Crippen LogP contribution in [0.4, 0.5) is 5.13 Å². The first kappa shape index (κ1) is 23.3. The van der Waals surface area contributed by atoms with Crippen molar-refractivity contribution in [2.75, 3.05) is 12.4 Å². The van der Waals surface area contributed by atoms with Gasteiger partial charge in [0.1, 0.15) is 0 Å². The summed E-state index contributed by atoms with van der Waals surface area (Å²) in [5.74, 6) is -0.358. The third-order valence-electron chi connectivity index (χ3n) is 5.53. The Morgan fingerprint density at radius 2 is 1.76 bits per heavy atom. The van der Waals surface area contributed by atoms with E-state index in [0.717, 1.165) is 11.3 Å². The maximum Gasteiger partial charge on any atom is 0.257 e. The molecule has 3 aromatic rings. The van der Waals surface area contributed by atoms with Crippen molar-refractivity contribution in [1.82, 2.24) is 9.29 Å². The molecule has 0 unspecified atom stereocenters. The lowest BCUT2D eigenvalue weighted by atomic mass is 9.78. The molecule has 0 bridgehead atoms. The first-order valence-electron chi connectivity index (χ1n) is 10.5. The lowest BCUT2D eigenvalue weighted by Crippen LogP contribution is -2.26.